The summed E-state index contributed by atoms with van der Waals surface area (Å²) in [5, 5.41) is 0. The van der Waals surface area contributed by atoms with Gasteiger partial charge in [-0.1, -0.05) is 75.2 Å². The summed E-state index contributed by atoms with van der Waals surface area (Å²) in [5.41, 5.74) is 17.9. The number of amides is 2. The molecule has 43 heavy (non-hydrogen) atoms. The van der Waals surface area contributed by atoms with E-state index in [1.54, 1.807) is 23.9 Å². The topological polar surface area (TPSA) is 92.7 Å². The number of aryl methyl sites for hydroxylation is 2. The zero-order chi connectivity index (χ0) is 31.8. The van der Waals surface area contributed by atoms with Crippen molar-refractivity contribution >= 4 is 35.0 Å². The maximum absolute atomic E-state index is 13.1. The van der Waals surface area contributed by atoms with Crippen molar-refractivity contribution < 1.29 is 9.59 Å². The van der Waals surface area contributed by atoms with Gasteiger partial charge in [-0.05, 0) is 75.6 Å². The molecule has 0 bridgehead atoms. The minimum atomic E-state index is -0.0823. The number of rotatable bonds is 18. The van der Waals surface area contributed by atoms with Gasteiger partial charge in [0.15, 0.2) is 0 Å². The summed E-state index contributed by atoms with van der Waals surface area (Å²) < 4.78 is 0. The molecule has 0 aromatic heterocycles. The molecular formula is C36H54N4O2S. The Morgan fingerprint density at radius 3 is 1.33 bits per heavy atom. The number of thioether (sulfide) groups is 1. The second-order valence-corrected chi connectivity index (χ2v) is 12.9. The third-order valence-electron chi connectivity index (χ3n) is 7.54. The van der Waals surface area contributed by atoms with Crippen LogP contribution in [0, 0.1) is 0 Å². The van der Waals surface area contributed by atoms with E-state index in [4.69, 9.17) is 11.5 Å². The Labute approximate surface area is 265 Å². The minimum Gasteiger partial charge on any atom is -0.398 e. The highest BCUT2D eigenvalue weighted by Gasteiger charge is 2.18. The van der Waals surface area contributed by atoms with Gasteiger partial charge in [-0.3, -0.25) is 9.59 Å². The standard InChI is InChI=1S/C36H54N4O2S/c1-7-9-11-29-13-17-31(18-14-29)33(37)25-35(41)39(27(3)4)21-23-43-24-22-40(28(5)6)36(42)26-34(38)32-19-15-30(16-20-32)12-10-8-2/h13-20,25-28H,7-12,21-24,37-38H2,1-6H3/b33-25+,34-26+. The second-order valence-electron chi connectivity index (χ2n) is 11.7. The van der Waals surface area contributed by atoms with Gasteiger partial charge >= 0.3 is 0 Å². The van der Waals surface area contributed by atoms with Gasteiger partial charge in [0, 0.05) is 60.2 Å². The van der Waals surface area contributed by atoms with Crippen molar-refractivity contribution in [2.45, 2.75) is 92.2 Å². The van der Waals surface area contributed by atoms with Crippen LogP contribution in [-0.4, -0.2) is 58.3 Å². The molecule has 0 fully saturated rings. The van der Waals surface area contributed by atoms with Crippen LogP contribution >= 0.6 is 11.8 Å². The molecule has 2 amide bonds. The number of nitrogens with zero attached hydrogens (tertiary/aromatic N) is 2. The number of unbranched alkanes of at least 4 members (excludes halogenated alkanes) is 2. The molecule has 0 heterocycles. The van der Waals surface area contributed by atoms with Crippen molar-refractivity contribution in [1.82, 2.24) is 9.80 Å². The first-order valence-electron chi connectivity index (χ1n) is 15.9. The fourth-order valence-electron chi connectivity index (χ4n) is 4.76. The van der Waals surface area contributed by atoms with Gasteiger partial charge in [-0.25, -0.2) is 0 Å². The van der Waals surface area contributed by atoms with Crippen LogP contribution in [0.25, 0.3) is 11.4 Å². The van der Waals surface area contributed by atoms with E-state index in [0.717, 1.165) is 61.2 Å². The predicted octanol–water partition coefficient (Wildman–Crippen LogP) is 6.88. The molecule has 0 saturated carbocycles. The van der Waals surface area contributed by atoms with Crippen LogP contribution in [0.1, 0.15) is 89.5 Å². The Hall–Kier alpha value is -3.19. The molecule has 0 spiro atoms. The summed E-state index contributed by atoms with van der Waals surface area (Å²) in [6, 6.07) is 16.4. The van der Waals surface area contributed by atoms with Crippen molar-refractivity contribution in [2.75, 3.05) is 24.6 Å². The maximum atomic E-state index is 13.1. The van der Waals surface area contributed by atoms with Crippen molar-refractivity contribution in [1.29, 1.82) is 0 Å². The van der Waals surface area contributed by atoms with Crippen LogP contribution in [0.3, 0.4) is 0 Å². The van der Waals surface area contributed by atoms with E-state index < -0.39 is 0 Å². The average molecular weight is 607 g/mol. The smallest absolute Gasteiger partial charge is 0.248 e. The van der Waals surface area contributed by atoms with Crippen molar-refractivity contribution in [3.8, 4) is 0 Å². The fourth-order valence-corrected chi connectivity index (χ4v) is 5.62. The van der Waals surface area contributed by atoms with Crippen LogP contribution in [-0.2, 0) is 22.4 Å². The zero-order valence-electron chi connectivity index (χ0n) is 27.3. The average Bonchev–Trinajstić information content (AvgIpc) is 2.98. The third-order valence-corrected chi connectivity index (χ3v) is 8.48. The van der Waals surface area contributed by atoms with Crippen molar-refractivity contribution in [3.05, 3.63) is 82.9 Å². The molecule has 0 aliphatic heterocycles. The monoisotopic (exact) mass is 606 g/mol. The molecule has 0 radical (unpaired) electrons. The number of benzene rings is 2. The minimum absolute atomic E-state index is 0.0520. The Kier molecular flexibility index (Phi) is 16.0. The van der Waals surface area contributed by atoms with E-state index in [1.165, 1.54) is 11.1 Å². The summed E-state index contributed by atoms with van der Waals surface area (Å²) in [4.78, 5) is 29.9. The summed E-state index contributed by atoms with van der Waals surface area (Å²) >= 11 is 1.73. The predicted molar refractivity (Wildman–Crippen MR) is 185 cm³/mol. The molecule has 4 N–H and O–H groups in total. The molecule has 2 aromatic rings. The quantitative estimate of drug-likeness (QED) is 0.143. The van der Waals surface area contributed by atoms with Gasteiger partial charge in [0.1, 0.15) is 0 Å². The largest absolute Gasteiger partial charge is 0.398 e. The van der Waals surface area contributed by atoms with E-state index in [9.17, 15) is 9.59 Å². The van der Waals surface area contributed by atoms with Gasteiger partial charge in [0.25, 0.3) is 0 Å². The molecule has 0 unspecified atom stereocenters. The highest BCUT2D eigenvalue weighted by Crippen LogP contribution is 2.16. The van der Waals surface area contributed by atoms with Gasteiger partial charge in [0.05, 0.1) is 0 Å². The number of hydrogen-bond donors (Lipinski definition) is 2. The molecule has 236 valence electrons. The van der Waals surface area contributed by atoms with Crippen LogP contribution in [0.2, 0.25) is 0 Å². The number of nitrogens with two attached hydrogens (primary N) is 2. The van der Waals surface area contributed by atoms with Gasteiger partial charge in [-0.15, -0.1) is 0 Å². The molecule has 6 nitrogen and oxygen atoms in total. The van der Waals surface area contributed by atoms with Gasteiger partial charge in [0.2, 0.25) is 11.8 Å². The second kappa shape index (κ2) is 19.2. The first-order valence-corrected chi connectivity index (χ1v) is 17.0. The SMILES string of the molecule is CCCCc1ccc(/C(N)=C\C(=O)N(CCSCCN(C(=O)/C=C(/N)c2ccc(CCCC)cc2)C(C)C)C(C)C)cc1. The lowest BCUT2D eigenvalue weighted by Crippen LogP contribution is -2.39. The van der Waals surface area contributed by atoms with Crippen LogP contribution in [0.15, 0.2) is 60.7 Å². The summed E-state index contributed by atoms with van der Waals surface area (Å²) in [5.74, 6) is 1.38. The lowest BCUT2D eigenvalue weighted by Gasteiger charge is -2.27. The number of hydrogen-bond acceptors (Lipinski definition) is 5. The van der Waals surface area contributed by atoms with E-state index in [1.807, 2.05) is 61.8 Å². The maximum Gasteiger partial charge on any atom is 0.248 e. The highest BCUT2D eigenvalue weighted by molar-refractivity contribution is 7.99. The van der Waals surface area contributed by atoms with Gasteiger partial charge in [-0.2, -0.15) is 11.8 Å². The van der Waals surface area contributed by atoms with Gasteiger partial charge < -0.3 is 21.3 Å². The Balaban J connectivity index is 1.89. The molecular weight excluding hydrogens is 552 g/mol. The summed E-state index contributed by atoms with van der Waals surface area (Å²) in [6.45, 7) is 13.7. The number of carbonyl (C=O) groups is 2. The Morgan fingerprint density at radius 1 is 0.674 bits per heavy atom. The fraction of sp³-hybridized carbons (Fsp3) is 0.500. The molecule has 2 rings (SSSR count). The zero-order valence-corrected chi connectivity index (χ0v) is 28.1. The Bertz CT molecular complexity index is 1090. The Morgan fingerprint density at radius 2 is 1.02 bits per heavy atom. The van der Waals surface area contributed by atoms with Crippen LogP contribution in [0.4, 0.5) is 0 Å². The number of carbonyl (C=O) groups excluding carboxylic acids is 2. The highest BCUT2D eigenvalue weighted by atomic mass is 32.2. The first kappa shape index (κ1) is 36.0. The van der Waals surface area contributed by atoms with Crippen molar-refractivity contribution in [3.63, 3.8) is 0 Å². The molecule has 0 saturated heterocycles. The molecule has 7 heteroatoms. The lowest BCUT2D eigenvalue weighted by molar-refractivity contribution is -0.128. The summed E-state index contributed by atoms with van der Waals surface area (Å²) in [6.07, 6.45) is 9.85. The van der Waals surface area contributed by atoms with E-state index in [-0.39, 0.29) is 23.9 Å². The lowest BCUT2D eigenvalue weighted by atomic mass is 10.0. The first-order chi connectivity index (χ1) is 20.6. The van der Waals surface area contributed by atoms with Crippen LogP contribution in [0.5, 0.6) is 0 Å². The molecule has 0 aliphatic rings. The molecule has 0 atom stereocenters. The molecule has 2 aromatic carbocycles. The normalized spacial score (nSPS) is 12.2. The van der Waals surface area contributed by atoms with Crippen molar-refractivity contribution in [2.24, 2.45) is 11.5 Å². The summed E-state index contributed by atoms with van der Waals surface area (Å²) in [7, 11) is 0. The van der Waals surface area contributed by atoms with E-state index in [2.05, 4.69) is 38.1 Å². The third kappa shape index (κ3) is 12.5. The van der Waals surface area contributed by atoms with Crippen LogP contribution < -0.4 is 11.5 Å². The van der Waals surface area contributed by atoms with E-state index in [0.29, 0.717) is 24.5 Å². The molecule has 0 aliphatic carbocycles. The van der Waals surface area contributed by atoms with E-state index >= 15 is 0 Å².